The van der Waals surface area contributed by atoms with E-state index in [2.05, 4.69) is 25.2 Å². The highest BCUT2D eigenvalue weighted by atomic mass is 32.2. The van der Waals surface area contributed by atoms with E-state index in [0.717, 1.165) is 24.0 Å². The van der Waals surface area contributed by atoms with Gasteiger partial charge in [0.25, 0.3) is 5.89 Å². The first-order valence-electron chi connectivity index (χ1n) is 11.7. The van der Waals surface area contributed by atoms with Crippen molar-refractivity contribution in [3.8, 4) is 23.0 Å². The summed E-state index contributed by atoms with van der Waals surface area (Å²) in [7, 11) is -3.63. The van der Waals surface area contributed by atoms with E-state index in [1.807, 2.05) is 43.3 Å². The highest BCUT2D eigenvalue weighted by molar-refractivity contribution is 7.92. The first kappa shape index (κ1) is 24.4. The lowest BCUT2D eigenvalue weighted by Crippen LogP contribution is -2.21. The van der Waals surface area contributed by atoms with Crippen LogP contribution >= 0.6 is 0 Å². The van der Waals surface area contributed by atoms with Crippen molar-refractivity contribution in [1.29, 1.82) is 0 Å². The Bertz CT molecular complexity index is 1540. The minimum Gasteiger partial charge on any atom is -0.332 e. The van der Waals surface area contributed by atoms with E-state index >= 15 is 0 Å². The lowest BCUT2D eigenvalue weighted by atomic mass is 10.1. The molecular formula is C27H25N5O4S. The van der Waals surface area contributed by atoms with E-state index in [4.69, 9.17) is 4.52 Å². The highest BCUT2D eigenvalue weighted by Gasteiger charge is 2.44. The van der Waals surface area contributed by atoms with Crippen LogP contribution in [0.2, 0.25) is 0 Å². The van der Waals surface area contributed by atoms with Gasteiger partial charge in [-0.25, -0.2) is 8.42 Å². The fraction of sp³-hybridized carbons (Fsp3) is 0.185. The number of sulfonamides is 1. The van der Waals surface area contributed by atoms with Gasteiger partial charge in [0.15, 0.2) is 0 Å². The van der Waals surface area contributed by atoms with Crippen LogP contribution in [-0.2, 0) is 14.8 Å². The number of rotatable bonds is 9. The van der Waals surface area contributed by atoms with Gasteiger partial charge >= 0.3 is 0 Å². The maximum atomic E-state index is 12.6. The zero-order valence-electron chi connectivity index (χ0n) is 20.1. The number of hydrogen-bond donors (Lipinski definition) is 2. The first-order chi connectivity index (χ1) is 17.8. The Hall–Kier alpha value is -4.31. The molecule has 0 saturated heterocycles. The van der Waals surface area contributed by atoms with Crippen molar-refractivity contribution >= 4 is 33.4 Å². The molecule has 0 radical (unpaired) electrons. The molecule has 0 aliphatic heterocycles. The number of hydrogen-bond acceptors (Lipinski definition) is 7. The summed E-state index contributed by atoms with van der Waals surface area (Å²) in [6.45, 7) is 1.92. The Balaban J connectivity index is 1.18. The van der Waals surface area contributed by atoms with E-state index in [1.165, 1.54) is 0 Å². The second-order valence-electron chi connectivity index (χ2n) is 9.14. The summed E-state index contributed by atoms with van der Waals surface area (Å²) >= 11 is 0. The second-order valence-corrected chi connectivity index (χ2v) is 10.9. The number of carbonyl (C=O) groups is 1. The number of benzene rings is 2. The molecule has 1 aliphatic rings. The fourth-order valence-corrected chi connectivity index (χ4v) is 4.49. The van der Waals surface area contributed by atoms with Gasteiger partial charge in [-0.2, -0.15) is 4.98 Å². The smallest absolute Gasteiger partial charge is 0.276 e. The normalized spacial score (nSPS) is 14.4. The van der Waals surface area contributed by atoms with E-state index in [-0.39, 0.29) is 17.1 Å². The molecule has 1 amide bonds. The van der Waals surface area contributed by atoms with Gasteiger partial charge in [-0.3, -0.25) is 14.5 Å². The summed E-state index contributed by atoms with van der Waals surface area (Å²) in [4.78, 5) is 20.8. The summed E-state index contributed by atoms with van der Waals surface area (Å²) in [6, 6.07) is 19.5. The zero-order chi connectivity index (χ0) is 25.9. The number of amides is 1. The van der Waals surface area contributed by atoms with Crippen molar-refractivity contribution in [2.24, 2.45) is 5.41 Å². The van der Waals surface area contributed by atoms with E-state index < -0.39 is 10.0 Å². The average molecular weight is 516 g/mol. The van der Waals surface area contributed by atoms with Gasteiger partial charge in [-0.05, 0) is 48.7 Å². The van der Waals surface area contributed by atoms with Gasteiger partial charge in [0.2, 0.25) is 21.8 Å². The molecule has 10 heteroatoms. The van der Waals surface area contributed by atoms with Gasteiger partial charge in [-0.15, -0.1) is 0 Å². The Labute approximate surface area is 214 Å². The fourth-order valence-electron chi connectivity index (χ4n) is 3.57. The summed E-state index contributed by atoms with van der Waals surface area (Å²) in [6.07, 6.45) is 6.69. The monoisotopic (exact) mass is 515 g/mol. The van der Waals surface area contributed by atoms with Crippen molar-refractivity contribution in [2.45, 2.75) is 19.8 Å². The molecule has 2 aromatic carbocycles. The minimum atomic E-state index is -3.63. The molecule has 0 bridgehead atoms. The molecule has 0 spiro atoms. The molecule has 1 saturated carbocycles. The first-order valence-corrected chi connectivity index (χ1v) is 13.4. The molecule has 1 fully saturated rings. The molecule has 9 nitrogen and oxygen atoms in total. The standard InChI is InChI=1S/C27H25N5O4S/c1-27(14-15-27)26(33)29-21-7-4-8-22(18-21)32-37(34,35)17-5-6-19-10-12-20(13-11-19)24-30-25(36-31-24)23-9-2-3-16-28-23/h2-13,16,18,32H,14-15,17H2,1H3,(H,29,33). The van der Waals surface area contributed by atoms with Crippen LogP contribution in [0.4, 0.5) is 11.4 Å². The minimum absolute atomic E-state index is 0.0468. The third-order valence-electron chi connectivity index (χ3n) is 6.05. The lowest BCUT2D eigenvalue weighted by Gasteiger charge is -2.12. The van der Waals surface area contributed by atoms with Gasteiger partial charge in [0.05, 0.1) is 11.4 Å². The van der Waals surface area contributed by atoms with Crippen LogP contribution in [0, 0.1) is 5.41 Å². The van der Waals surface area contributed by atoms with Crippen LogP contribution in [-0.4, -0.2) is 35.2 Å². The molecular weight excluding hydrogens is 490 g/mol. The second kappa shape index (κ2) is 9.98. The maximum Gasteiger partial charge on any atom is 0.276 e. The van der Waals surface area contributed by atoms with Crippen LogP contribution in [0.25, 0.3) is 29.0 Å². The number of aromatic nitrogens is 3. The zero-order valence-corrected chi connectivity index (χ0v) is 20.9. The third-order valence-corrected chi connectivity index (χ3v) is 7.22. The van der Waals surface area contributed by atoms with E-state index in [0.29, 0.717) is 28.8 Å². The van der Waals surface area contributed by atoms with Crippen LogP contribution in [0.5, 0.6) is 0 Å². The molecule has 2 N–H and O–H groups in total. The van der Waals surface area contributed by atoms with Crippen LogP contribution in [0.3, 0.4) is 0 Å². The van der Waals surface area contributed by atoms with Gasteiger partial charge in [0.1, 0.15) is 5.69 Å². The Morgan fingerprint density at radius 1 is 1.05 bits per heavy atom. The summed E-state index contributed by atoms with van der Waals surface area (Å²) < 4.78 is 33.0. The Kier molecular flexibility index (Phi) is 6.58. The lowest BCUT2D eigenvalue weighted by molar-refractivity contribution is -0.120. The number of nitrogens with one attached hydrogen (secondary N) is 2. The molecule has 1 aliphatic carbocycles. The van der Waals surface area contributed by atoms with Gasteiger partial charge in [0, 0.05) is 22.9 Å². The van der Waals surface area contributed by atoms with Crippen molar-refractivity contribution in [3.05, 3.63) is 84.6 Å². The summed E-state index contributed by atoms with van der Waals surface area (Å²) in [5.41, 5.74) is 2.82. The van der Waals surface area contributed by atoms with E-state index in [1.54, 1.807) is 48.7 Å². The van der Waals surface area contributed by atoms with Crippen LogP contribution in [0.1, 0.15) is 25.3 Å². The molecule has 4 aromatic rings. The van der Waals surface area contributed by atoms with Gasteiger partial charge < -0.3 is 9.84 Å². The van der Waals surface area contributed by atoms with Crippen molar-refractivity contribution in [2.75, 3.05) is 15.8 Å². The quantitative estimate of drug-likeness (QED) is 0.321. The molecule has 2 heterocycles. The van der Waals surface area contributed by atoms with E-state index in [9.17, 15) is 13.2 Å². The topological polar surface area (TPSA) is 127 Å². The van der Waals surface area contributed by atoms with Crippen molar-refractivity contribution in [1.82, 2.24) is 15.1 Å². The largest absolute Gasteiger partial charge is 0.332 e. The van der Waals surface area contributed by atoms with Crippen molar-refractivity contribution in [3.63, 3.8) is 0 Å². The molecule has 37 heavy (non-hydrogen) atoms. The number of carbonyl (C=O) groups excluding carboxylic acids is 1. The average Bonchev–Trinajstić information content (AvgIpc) is 3.45. The predicted octanol–water partition coefficient (Wildman–Crippen LogP) is 4.99. The number of anilines is 2. The Morgan fingerprint density at radius 3 is 2.57 bits per heavy atom. The molecule has 188 valence electrons. The summed E-state index contributed by atoms with van der Waals surface area (Å²) in [5, 5.41) is 6.86. The third kappa shape index (κ3) is 6.10. The maximum absolute atomic E-state index is 12.6. The van der Waals surface area contributed by atoms with Gasteiger partial charge in [-0.1, -0.05) is 60.6 Å². The molecule has 0 atom stereocenters. The SMILES string of the molecule is CC1(C(=O)Nc2cccc(NS(=O)(=O)CC=Cc3ccc(-c4noc(-c5ccccn5)n4)cc3)c2)CC1. The summed E-state index contributed by atoms with van der Waals surface area (Å²) in [5.74, 6) is 0.520. The number of pyridine rings is 1. The molecule has 2 aromatic heterocycles. The highest BCUT2D eigenvalue weighted by Crippen LogP contribution is 2.45. The van der Waals surface area contributed by atoms with Crippen LogP contribution in [0.15, 0.2) is 83.5 Å². The molecule has 5 rings (SSSR count). The Morgan fingerprint density at radius 2 is 1.84 bits per heavy atom. The predicted molar refractivity (Wildman–Crippen MR) is 142 cm³/mol. The number of nitrogens with zero attached hydrogens (tertiary/aromatic N) is 3. The van der Waals surface area contributed by atoms with Crippen LogP contribution < -0.4 is 10.0 Å². The van der Waals surface area contributed by atoms with Crippen molar-refractivity contribution < 1.29 is 17.7 Å². The molecule has 0 unspecified atom stereocenters.